The van der Waals surface area contributed by atoms with E-state index < -0.39 is 0 Å². The van der Waals surface area contributed by atoms with Crippen LogP contribution in [-0.4, -0.2) is 19.1 Å². The topological polar surface area (TPSA) is 29.3 Å². The molecule has 0 bridgehead atoms. The highest BCUT2D eigenvalue weighted by Crippen LogP contribution is 2.46. The Kier molecular flexibility index (Phi) is 4.26. The predicted octanol–water partition coefficient (Wildman–Crippen LogP) is 4.05. The number of aryl methyl sites for hydroxylation is 1. The standard InChI is InChI=1S/C19H30N2/c1-15-5-6-18(17(13-15)14-16(2)20)21-11-9-19(10-12-21)7-3-4-8-19/h5-6,13,16H,3-4,7-12,14,20H2,1-2H3. The minimum absolute atomic E-state index is 0.233. The number of hydrogen-bond donors (Lipinski definition) is 1. The first-order chi connectivity index (χ1) is 10.1. The molecule has 21 heavy (non-hydrogen) atoms. The molecule has 0 radical (unpaired) electrons. The molecule has 0 amide bonds. The summed E-state index contributed by atoms with van der Waals surface area (Å²) in [4.78, 5) is 2.61. The van der Waals surface area contributed by atoms with Gasteiger partial charge in [-0.05, 0) is 63.0 Å². The van der Waals surface area contributed by atoms with Gasteiger partial charge >= 0.3 is 0 Å². The Hall–Kier alpha value is -1.02. The monoisotopic (exact) mass is 286 g/mol. The Morgan fingerprint density at radius 3 is 2.43 bits per heavy atom. The van der Waals surface area contributed by atoms with Crippen molar-refractivity contribution in [2.75, 3.05) is 18.0 Å². The molecule has 116 valence electrons. The van der Waals surface area contributed by atoms with Gasteiger partial charge in [-0.25, -0.2) is 0 Å². The molecule has 1 spiro atoms. The molecule has 1 aromatic rings. The van der Waals surface area contributed by atoms with Crippen LogP contribution in [-0.2, 0) is 6.42 Å². The van der Waals surface area contributed by atoms with Gasteiger partial charge in [-0.3, -0.25) is 0 Å². The number of nitrogens with zero attached hydrogens (tertiary/aromatic N) is 1. The van der Waals surface area contributed by atoms with Crippen molar-refractivity contribution < 1.29 is 0 Å². The lowest BCUT2D eigenvalue weighted by atomic mass is 9.77. The third-order valence-electron chi connectivity index (χ3n) is 5.61. The predicted molar refractivity (Wildman–Crippen MR) is 90.9 cm³/mol. The second-order valence-electron chi connectivity index (χ2n) is 7.51. The van der Waals surface area contributed by atoms with E-state index in [1.807, 2.05) is 0 Å². The first-order valence-electron chi connectivity index (χ1n) is 8.68. The minimum Gasteiger partial charge on any atom is -0.371 e. The smallest absolute Gasteiger partial charge is 0.0399 e. The molecule has 1 aromatic carbocycles. The lowest BCUT2D eigenvalue weighted by Crippen LogP contribution is -2.39. The largest absolute Gasteiger partial charge is 0.371 e. The Bertz CT molecular complexity index is 476. The van der Waals surface area contributed by atoms with Crippen molar-refractivity contribution in [1.29, 1.82) is 0 Å². The maximum atomic E-state index is 6.05. The number of nitrogens with two attached hydrogens (primary N) is 1. The Labute approximate surface area is 129 Å². The number of rotatable bonds is 3. The summed E-state index contributed by atoms with van der Waals surface area (Å²) in [6, 6.07) is 7.13. The van der Waals surface area contributed by atoms with Crippen LogP contribution in [0.1, 0.15) is 56.6 Å². The van der Waals surface area contributed by atoms with Crippen LogP contribution in [0.2, 0.25) is 0 Å². The molecule has 3 rings (SSSR count). The summed E-state index contributed by atoms with van der Waals surface area (Å²) < 4.78 is 0. The molecule has 1 aliphatic carbocycles. The molecule has 1 aliphatic heterocycles. The van der Waals surface area contributed by atoms with E-state index in [1.165, 1.54) is 68.4 Å². The SMILES string of the molecule is Cc1ccc(N2CCC3(CCCC3)CC2)c(CC(C)N)c1. The average molecular weight is 286 g/mol. The van der Waals surface area contributed by atoms with Gasteiger partial charge in [0.05, 0.1) is 0 Å². The molecule has 2 heteroatoms. The zero-order valence-corrected chi connectivity index (χ0v) is 13.7. The molecule has 1 saturated heterocycles. The first kappa shape index (κ1) is 14.9. The van der Waals surface area contributed by atoms with Crippen LogP contribution >= 0.6 is 0 Å². The lowest BCUT2D eigenvalue weighted by Gasteiger charge is -2.41. The van der Waals surface area contributed by atoms with Crippen molar-refractivity contribution >= 4 is 5.69 Å². The Morgan fingerprint density at radius 1 is 1.14 bits per heavy atom. The summed E-state index contributed by atoms with van der Waals surface area (Å²) in [6.45, 7) is 6.75. The quantitative estimate of drug-likeness (QED) is 0.908. The molecule has 2 fully saturated rings. The lowest BCUT2D eigenvalue weighted by molar-refractivity contribution is 0.226. The van der Waals surface area contributed by atoms with Gasteiger partial charge < -0.3 is 10.6 Å². The normalized spacial score (nSPS) is 22.7. The molecular weight excluding hydrogens is 256 g/mol. The van der Waals surface area contributed by atoms with E-state index in [9.17, 15) is 0 Å². The van der Waals surface area contributed by atoms with Crippen LogP contribution < -0.4 is 10.6 Å². The summed E-state index contributed by atoms with van der Waals surface area (Å²) in [7, 11) is 0. The van der Waals surface area contributed by atoms with Crippen molar-refractivity contribution in [2.45, 2.75) is 64.8 Å². The van der Waals surface area contributed by atoms with Gasteiger partial charge in [-0.1, -0.05) is 30.5 Å². The molecule has 2 N–H and O–H groups in total. The molecule has 0 aromatic heterocycles. The highest BCUT2D eigenvalue weighted by Gasteiger charge is 2.37. The summed E-state index contributed by atoms with van der Waals surface area (Å²) in [6.07, 6.45) is 9.62. The molecular formula is C19H30N2. The zero-order valence-electron chi connectivity index (χ0n) is 13.7. The number of piperidine rings is 1. The highest BCUT2D eigenvalue weighted by molar-refractivity contribution is 5.55. The van der Waals surface area contributed by atoms with Crippen LogP contribution in [0.25, 0.3) is 0 Å². The first-order valence-corrected chi connectivity index (χ1v) is 8.68. The molecule has 2 nitrogen and oxygen atoms in total. The van der Waals surface area contributed by atoms with Crippen molar-refractivity contribution in [3.05, 3.63) is 29.3 Å². The Morgan fingerprint density at radius 2 is 1.81 bits per heavy atom. The van der Waals surface area contributed by atoms with E-state index in [0.29, 0.717) is 5.41 Å². The van der Waals surface area contributed by atoms with Gasteiger partial charge in [-0.2, -0.15) is 0 Å². The number of anilines is 1. The number of hydrogen-bond acceptors (Lipinski definition) is 2. The fourth-order valence-corrected chi connectivity index (χ4v) is 4.38. The van der Waals surface area contributed by atoms with Gasteiger partial charge in [0, 0.05) is 24.8 Å². The van der Waals surface area contributed by atoms with Gasteiger partial charge in [0.2, 0.25) is 0 Å². The van der Waals surface area contributed by atoms with E-state index in [4.69, 9.17) is 5.73 Å². The van der Waals surface area contributed by atoms with Crippen molar-refractivity contribution in [3.63, 3.8) is 0 Å². The maximum absolute atomic E-state index is 6.05. The van der Waals surface area contributed by atoms with Crippen molar-refractivity contribution in [1.82, 2.24) is 0 Å². The van der Waals surface area contributed by atoms with Gasteiger partial charge in [0.25, 0.3) is 0 Å². The minimum atomic E-state index is 0.233. The molecule has 1 saturated carbocycles. The van der Waals surface area contributed by atoms with Crippen LogP contribution in [0.5, 0.6) is 0 Å². The van der Waals surface area contributed by atoms with Crippen molar-refractivity contribution in [2.24, 2.45) is 11.1 Å². The fourth-order valence-electron chi connectivity index (χ4n) is 4.38. The summed E-state index contributed by atoms with van der Waals surface area (Å²) in [5, 5.41) is 0. The molecule has 1 heterocycles. The Balaban J connectivity index is 1.75. The summed E-state index contributed by atoms with van der Waals surface area (Å²) in [5.41, 5.74) is 11.0. The molecule has 1 atom stereocenters. The van der Waals surface area contributed by atoms with Crippen molar-refractivity contribution in [3.8, 4) is 0 Å². The second kappa shape index (κ2) is 6.00. The van der Waals surface area contributed by atoms with Gasteiger partial charge in [-0.15, -0.1) is 0 Å². The van der Waals surface area contributed by atoms with Gasteiger partial charge in [0.1, 0.15) is 0 Å². The zero-order chi connectivity index (χ0) is 14.9. The number of benzene rings is 1. The summed E-state index contributed by atoms with van der Waals surface area (Å²) in [5.74, 6) is 0. The van der Waals surface area contributed by atoms with E-state index in [-0.39, 0.29) is 6.04 Å². The van der Waals surface area contributed by atoms with Crippen LogP contribution in [0.15, 0.2) is 18.2 Å². The average Bonchev–Trinajstić information content (AvgIpc) is 2.88. The van der Waals surface area contributed by atoms with E-state index in [1.54, 1.807) is 0 Å². The summed E-state index contributed by atoms with van der Waals surface area (Å²) >= 11 is 0. The third kappa shape index (κ3) is 3.26. The molecule has 2 aliphatic rings. The molecule has 1 unspecified atom stereocenters. The van der Waals surface area contributed by atoms with E-state index in [2.05, 4.69) is 36.9 Å². The second-order valence-corrected chi connectivity index (χ2v) is 7.51. The van der Waals surface area contributed by atoms with Crippen LogP contribution in [0, 0.1) is 12.3 Å². The highest BCUT2D eigenvalue weighted by atomic mass is 15.1. The van der Waals surface area contributed by atoms with Gasteiger partial charge in [0.15, 0.2) is 0 Å². The van der Waals surface area contributed by atoms with E-state index >= 15 is 0 Å². The fraction of sp³-hybridized carbons (Fsp3) is 0.684. The maximum Gasteiger partial charge on any atom is 0.0399 e. The van der Waals surface area contributed by atoms with E-state index in [0.717, 1.165) is 6.42 Å². The third-order valence-corrected chi connectivity index (χ3v) is 5.61. The van der Waals surface area contributed by atoms with Crippen LogP contribution in [0.4, 0.5) is 5.69 Å². The van der Waals surface area contributed by atoms with Crippen LogP contribution in [0.3, 0.4) is 0 Å².